The monoisotopic (exact) mass is 495 g/mol. The summed E-state index contributed by atoms with van der Waals surface area (Å²) in [6.45, 7) is 3.27. The van der Waals surface area contributed by atoms with Crippen molar-refractivity contribution in [3.8, 4) is 11.5 Å². The largest absolute Gasteiger partial charge is 0.550 e. The van der Waals surface area contributed by atoms with E-state index in [1.54, 1.807) is 14.2 Å². The number of hydrogen-bond donors (Lipinski definition) is 0. The molecule has 194 valence electrons. The van der Waals surface area contributed by atoms with E-state index in [4.69, 9.17) is 9.47 Å². The number of aliphatic carboxylic acids is 2. The third kappa shape index (κ3) is 7.55. The van der Waals surface area contributed by atoms with Crippen LogP contribution in [0.15, 0.2) is 42.5 Å². The summed E-state index contributed by atoms with van der Waals surface area (Å²) in [7, 11) is 3.26. The number of carboxylic acids is 2. The Hall–Kier alpha value is -3.39. The van der Waals surface area contributed by atoms with Crippen molar-refractivity contribution >= 4 is 17.7 Å². The fourth-order valence-electron chi connectivity index (χ4n) is 4.92. The second-order valence-electron chi connectivity index (χ2n) is 9.31. The first-order chi connectivity index (χ1) is 17.3. The van der Waals surface area contributed by atoms with E-state index in [0.717, 1.165) is 43.6 Å². The van der Waals surface area contributed by atoms with Gasteiger partial charge in [0.05, 0.1) is 14.2 Å². The molecule has 1 saturated heterocycles. The predicted octanol–water partition coefficient (Wildman–Crippen LogP) is 1.63. The van der Waals surface area contributed by atoms with Gasteiger partial charge in [0.15, 0.2) is 17.3 Å². The first-order valence-electron chi connectivity index (χ1n) is 12.3. The Bertz CT molecular complexity index is 1030. The van der Waals surface area contributed by atoms with Crippen LogP contribution in [0, 0.1) is 11.8 Å². The molecule has 0 aromatic heterocycles. The first kappa shape index (κ1) is 27.2. The molecule has 1 heterocycles. The number of carbonyl (C=O) groups is 3. The minimum absolute atomic E-state index is 0.109. The van der Waals surface area contributed by atoms with Crippen LogP contribution in [-0.4, -0.2) is 49.9 Å². The van der Waals surface area contributed by atoms with E-state index < -0.39 is 24.8 Å². The maximum atomic E-state index is 12.9. The van der Waals surface area contributed by atoms with E-state index in [2.05, 4.69) is 35.2 Å². The number of Topliss-reactive ketones (excluding diaryl/α,β-unsaturated/α-hetero) is 1. The number of ether oxygens (including phenoxy) is 2. The van der Waals surface area contributed by atoms with Crippen LogP contribution in [0.5, 0.6) is 11.5 Å². The molecule has 1 atom stereocenters. The molecule has 8 heteroatoms. The summed E-state index contributed by atoms with van der Waals surface area (Å²) in [6.07, 6.45) is 3.25. The lowest BCUT2D eigenvalue weighted by atomic mass is 9.85. The van der Waals surface area contributed by atoms with E-state index in [1.807, 2.05) is 12.1 Å². The highest BCUT2D eigenvalue weighted by atomic mass is 16.5. The van der Waals surface area contributed by atoms with Gasteiger partial charge in [-0.05, 0) is 80.8 Å². The molecule has 2 aromatic rings. The number of methoxy groups -OCH3 is 2. The van der Waals surface area contributed by atoms with Crippen molar-refractivity contribution in [2.45, 2.75) is 45.1 Å². The SMILES string of the molecule is COc1cc2c(cc1OC)C(=O)C(CC1CCN(Cc3ccccc3)CC1)C2.O=C([O-])CCC(=O)[O-]. The highest BCUT2D eigenvalue weighted by molar-refractivity contribution is 6.02. The van der Waals surface area contributed by atoms with Gasteiger partial charge in [0.1, 0.15) is 0 Å². The van der Waals surface area contributed by atoms with Crippen LogP contribution in [0.2, 0.25) is 0 Å². The lowest BCUT2D eigenvalue weighted by Crippen LogP contribution is -2.34. The topological polar surface area (TPSA) is 119 Å². The van der Waals surface area contributed by atoms with Crippen LogP contribution in [0.25, 0.3) is 0 Å². The van der Waals surface area contributed by atoms with Gasteiger partial charge in [-0.25, -0.2) is 0 Å². The van der Waals surface area contributed by atoms with Crippen LogP contribution in [-0.2, 0) is 22.6 Å². The van der Waals surface area contributed by atoms with Gasteiger partial charge in [0, 0.05) is 30.0 Å². The van der Waals surface area contributed by atoms with Crippen molar-refractivity contribution in [2.24, 2.45) is 11.8 Å². The number of fused-ring (bicyclic) bond motifs is 1. The Balaban J connectivity index is 0.000000392. The number of carbonyl (C=O) groups excluding carboxylic acids is 3. The third-order valence-electron chi connectivity index (χ3n) is 6.82. The molecule has 1 aliphatic heterocycles. The fourth-order valence-corrected chi connectivity index (χ4v) is 4.92. The van der Waals surface area contributed by atoms with Gasteiger partial charge < -0.3 is 29.3 Å². The summed E-state index contributed by atoms with van der Waals surface area (Å²) in [5, 5.41) is 19.0. The van der Waals surface area contributed by atoms with Crippen LogP contribution >= 0.6 is 0 Å². The van der Waals surface area contributed by atoms with Crippen molar-refractivity contribution < 1.29 is 34.1 Å². The first-order valence-corrected chi connectivity index (χ1v) is 12.3. The standard InChI is InChI=1S/C24H29NO3.C4H6O4/c1-27-22-14-19-13-20(24(26)21(19)15-23(22)28-2)12-17-8-10-25(11-9-17)16-18-6-4-3-5-7-18;5-3(6)1-2-4(7)8/h3-7,14-15,17,20H,8-13,16H2,1-2H3;1-2H2,(H,5,6)(H,7,8)/p-2. The van der Waals surface area contributed by atoms with Crippen LogP contribution in [0.1, 0.15) is 53.6 Å². The Labute approximate surface area is 211 Å². The molecule has 1 aliphatic carbocycles. The zero-order valence-electron chi connectivity index (χ0n) is 20.9. The lowest BCUT2D eigenvalue weighted by molar-refractivity contribution is -0.315. The van der Waals surface area contributed by atoms with Crippen LogP contribution in [0.3, 0.4) is 0 Å². The molecule has 0 amide bonds. The maximum absolute atomic E-state index is 12.9. The summed E-state index contributed by atoms with van der Waals surface area (Å²) in [6, 6.07) is 14.5. The summed E-state index contributed by atoms with van der Waals surface area (Å²) in [4.78, 5) is 34.5. The van der Waals surface area contributed by atoms with Crippen LogP contribution in [0.4, 0.5) is 0 Å². The van der Waals surface area contributed by atoms with Gasteiger partial charge in [-0.15, -0.1) is 0 Å². The molecule has 36 heavy (non-hydrogen) atoms. The van der Waals surface area contributed by atoms with Crippen molar-refractivity contribution in [1.29, 1.82) is 0 Å². The molecule has 0 bridgehead atoms. The number of ketones is 1. The van der Waals surface area contributed by atoms with Gasteiger partial charge in [0.25, 0.3) is 0 Å². The van der Waals surface area contributed by atoms with Gasteiger partial charge in [0.2, 0.25) is 0 Å². The minimum atomic E-state index is -1.37. The molecule has 1 unspecified atom stereocenters. The normalized spacial score (nSPS) is 17.6. The zero-order valence-corrected chi connectivity index (χ0v) is 20.9. The van der Waals surface area contributed by atoms with Gasteiger partial charge in [-0.2, -0.15) is 0 Å². The van der Waals surface area contributed by atoms with Crippen LogP contribution < -0.4 is 19.7 Å². The second kappa shape index (κ2) is 13.1. The minimum Gasteiger partial charge on any atom is -0.550 e. The smallest absolute Gasteiger partial charge is 0.166 e. The quantitative estimate of drug-likeness (QED) is 0.515. The summed E-state index contributed by atoms with van der Waals surface area (Å²) in [5.41, 5.74) is 3.31. The second-order valence-corrected chi connectivity index (χ2v) is 9.31. The summed E-state index contributed by atoms with van der Waals surface area (Å²) < 4.78 is 10.8. The molecular weight excluding hydrogens is 462 g/mol. The Morgan fingerprint density at radius 1 is 0.944 bits per heavy atom. The summed E-state index contributed by atoms with van der Waals surface area (Å²) >= 11 is 0. The molecule has 2 aliphatic rings. The Morgan fingerprint density at radius 2 is 1.53 bits per heavy atom. The third-order valence-corrected chi connectivity index (χ3v) is 6.82. The van der Waals surface area contributed by atoms with Crippen molar-refractivity contribution in [1.82, 2.24) is 4.90 Å². The average molecular weight is 496 g/mol. The van der Waals surface area contributed by atoms with Crippen molar-refractivity contribution in [2.75, 3.05) is 27.3 Å². The molecule has 4 rings (SSSR count). The number of likely N-dealkylation sites (tertiary alicyclic amines) is 1. The fraction of sp³-hybridized carbons (Fsp3) is 0.464. The Morgan fingerprint density at radius 3 is 2.08 bits per heavy atom. The van der Waals surface area contributed by atoms with Gasteiger partial charge in [-0.1, -0.05) is 30.3 Å². The lowest BCUT2D eigenvalue weighted by Gasteiger charge is -2.32. The molecular formula is C28H33NO7-2. The molecule has 0 spiro atoms. The van der Waals surface area contributed by atoms with Gasteiger partial charge in [-0.3, -0.25) is 9.69 Å². The number of carboxylic acid groups (broad SMARTS) is 2. The van der Waals surface area contributed by atoms with Gasteiger partial charge >= 0.3 is 0 Å². The molecule has 0 radical (unpaired) electrons. The van der Waals surface area contributed by atoms with Crippen molar-refractivity contribution in [3.63, 3.8) is 0 Å². The average Bonchev–Trinajstić information content (AvgIpc) is 3.18. The highest BCUT2D eigenvalue weighted by Crippen LogP contribution is 2.39. The predicted molar refractivity (Wildman–Crippen MR) is 129 cm³/mol. The number of hydrogen-bond acceptors (Lipinski definition) is 8. The van der Waals surface area contributed by atoms with E-state index in [9.17, 15) is 24.6 Å². The molecule has 1 fully saturated rings. The Kier molecular flexibility index (Phi) is 9.87. The van der Waals surface area contributed by atoms with E-state index >= 15 is 0 Å². The van der Waals surface area contributed by atoms with E-state index in [-0.39, 0.29) is 11.7 Å². The van der Waals surface area contributed by atoms with E-state index in [0.29, 0.717) is 17.4 Å². The molecule has 8 nitrogen and oxygen atoms in total. The molecule has 2 aromatic carbocycles. The number of piperidine rings is 1. The molecule has 0 saturated carbocycles. The maximum Gasteiger partial charge on any atom is 0.166 e. The highest BCUT2D eigenvalue weighted by Gasteiger charge is 2.34. The number of nitrogens with zero attached hydrogens (tertiary/aromatic N) is 1. The van der Waals surface area contributed by atoms with E-state index in [1.165, 1.54) is 18.4 Å². The summed E-state index contributed by atoms with van der Waals surface area (Å²) in [5.74, 6) is -0.351. The molecule has 0 N–H and O–H groups in total. The van der Waals surface area contributed by atoms with Crippen molar-refractivity contribution in [3.05, 3.63) is 59.2 Å². The number of benzene rings is 2. The zero-order chi connectivity index (χ0) is 26.1. The number of rotatable bonds is 9.